The number of alkyl halides is 3. The Morgan fingerprint density at radius 3 is 2.40 bits per heavy atom. The Morgan fingerprint density at radius 2 is 2.10 bits per heavy atom. The van der Waals surface area contributed by atoms with Crippen molar-refractivity contribution in [3.05, 3.63) is 0 Å². The zero-order valence-electron chi connectivity index (χ0n) is 4.40. The molecule has 0 aliphatic heterocycles. The van der Waals surface area contributed by atoms with Gasteiger partial charge in [-0.1, -0.05) is 0 Å². The maximum Gasteiger partial charge on any atom is 0.472 e. The van der Waals surface area contributed by atoms with Crippen molar-refractivity contribution >= 4 is 17.9 Å². The fourth-order valence-electron chi connectivity index (χ4n) is 0.127. The van der Waals surface area contributed by atoms with E-state index in [2.05, 4.69) is 0 Å². The van der Waals surface area contributed by atoms with Gasteiger partial charge >= 0.3 is 12.1 Å². The average Bonchev–Trinajstić information content (AvgIpc) is 1.80. The van der Waals surface area contributed by atoms with Gasteiger partial charge in [-0.15, -0.1) is 0 Å². The maximum absolute atomic E-state index is 11.2. The highest BCUT2D eigenvalue weighted by atomic mass is 32.2. The molecule has 10 heavy (non-hydrogen) atoms. The lowest BCUT2D eigenvalue weighted by Crippen LogP contribution is -2.32. The van der Waals surface area contributed by atoms with E-state index in [4.69, 9.17) is 5.26 Å². The molecule has 0 radical (unpaired) electrons. The molecule has 0 aliphatic carbocycles. The summed E-state index contributed by atoms with van der Waals surface area (Å²) in [5, 5.41) is 8.97. The van der Waals surface area contributed by atoms with Gasteiger partial charge in [-0.2, -0.15) is 18.4 Å². The van der Waals surface area contributed by atoms with Crippen molar-refractivity contribution in [2.45, 2.75) is 6.18 Å². The number of hydrogen-bond acceptors (Lipinski definition) is 3. The predicted molar refractivity (Wildman–Crippen MR) is 27.4 cm³/mol. The Hall–Kier alpha value is -0.900. The van der Waals surface area contributed by atoms with Gasteiger partial charge in [0.05, 0.1) is 11.9 Å². The molecule has 0 aromatic carbocycles. The Morgan fingerprint density at radius 1 is 1.60 bits per heavy atom. The van der Waals surface area contributed by atoms with Crippen molar-refractivity contribution in [1.29, 1.82) is 5.26 Å². The van der Waals surface area contributed by atoms with Gasteiger partial charge in [0, 0.05) is 0 Å². The lowest BCUT2D eigenvalue weighted by molar-refractivity contribution is -0.171. The molecule has 1 amide bonds. The van der Waals surface area contributed by atoms with Crippen LogP contribution in [-0.4, -0.2) is 12.1 Å². The highest BCUT2D eigenvalue weighted by Crippen LogP contribution is 2.15. The molecule has 0 aliphatic rings. The van der Waals surface area contributed by atoms with Crippen molar-refractivity contribution in [1.82, 2.24) is 4.72 Å². The Bertz CT molecular complexity index is 172. The van der Waals surface area contributed by atoms with Crippen LogP contribution in [0.1, 0.15) is 0 Å². The zero-order valence-corrected chi connectivity index (χ0v) is 5.21. The highest BCUT2D eigenvalue weighted by Gasteiger charge is 2.38. The average molecular weight is 170 g/mol. The summed E-state index contributed by atoms with van der Waals surface area (Å²) in [5.41, 5.74) is 0. The number of nitrogens with one attached hydrogen (secondary N) is 1. The number of hydrogen-bond donors (Lipinski definition) is 1. The third-order valence-electron chi connectivity index (χ3n) is 0.447. The summed E-state index contributed by atoms with van der Waals surface area (Å²) in [6.07, 6.45) is -4.91. The SMILES string of the molecule is N#CSNC(=O)C(F)(F)F. The third-order valence-corrected chi connectivity index (χ3v) is 0.826. The second-order valence-electron chi connectivity index (χ2n) is 1.12. The molecule has 0 saturated carbocycles. The van der Waals surface area contributed by atoms with E-state index < -0.39 is 12.1 Å². The van der Waals surface area contributed by atoms with Gasteiger partial charge in [-0.05, 0) is 0 Å². The molecule has 0 spiro atoms. The zero-order chi connectivity index (χ0) is 8.20. The molecule has 7 heteroatoms. The summed E-state index contributed by atoms with van der Waals surface area (Å²) in [5.74, 6) is -2.13. The van der Waals surface area contributed by atoms with Crippen LogP contribution in [0, 0.1) is 10.7 Å². The number of halogens is 3. The number of carbonyl (C=O) groups excluding carboxylic acids is 1. The summed E-state index contributed by atoms with van der Waals surface area (Å²) in [6.45, 7) is 0. The number of carbonyl (C=O) groups is 1. The molecule has 0 fully saturated rings. The Labute approximate surface area is 58.3 Å². The smallest absolute Gasteiger partial charge is 0.280 e. The van der Waals surface area contributed by atoms with Gasteiger partial charge < -0.3 is 0 Å². The van der Waals surface area contributed by atoms with Gasteiger partial charge in [0.15, 0.2) is 5.40 Å². The van der Waals surface area contributed by atoms with E-state index in [1.165, 1.54) is 10.1 Å². The van der Waals surface area contributed by atoms with Crippen LogP contribution in [0.15, 0.2) is 0 Å². The first-order valence-corrected chi connectivity index (χ1v) is 2.72. The second kappa shape index (κ2) is 3.31. The minimum absolute atomic E-state index is 0.0291. The quantitative estimate of drug-likeness (QED) is 0.467. The van der Waals surface area contributed by atoms with Crippen LogP contribution in [0.2, 0.25) is 0 Å². The molecular weight excluding hydrogens is 169 g/mol. The van der Waals surface area contributed by atoms with E-state index in [-0.39, 0.29) is 11.9 Å². The van der Waals surface area contributed by atoms with Gasteiger partial charge in [0.2, 0.25) is 0 Å². The molecule has 0 rings (SSSR count). The van der Waals surface area contributed by atoms with E-state index in [9.17, 15) is 18.0 Å². The highest BCUT2D eigenvalue weighted by molar-refractivity contribution is 8.02. The first-order chi connectivity index (χ1) is 4.48. The van der Waals surface area contributed by atoms with Gasteiger partial charge in [-0.3, -0.25) is 9.52 Å². The van der Waals surface area contributed by atoms with Crippen molar-refractivity contribution in [3.8, 4) is 5.40 Å². The molecule has 0 saturated heterocycles. The maximum atomic E-state index is 11.2. The molecule has 0 bridgehead atoms. The lowest BCUT2D eigenvalue weighted by atomic mass is 10.6. The summed E-state index contributed by atoms with van der Waals surface area (Å²) < 4.78 is 35.0. The molecule has 0 aromatic rings. The number of thiocyanates is 1. The van der Waals surface area contributed by atoms with Crippen molar-refractivity contribution in [2.24, 2.45) is 0 Å². The topological polar surface area (TPSA) is 52.9 Å². The van der Waals surface area contributed by atoms with E-state index in [0.29, 0.717) is 0 Å². The first-order valence-electron chi connectivity index (χ1n) is 1.90. The summed E-state index contributed by atoms with van der Waals surface area (Å²) in [6, 6.07) is 0. The van der Waals surface area contributed by atoms with Crippen LogP contribution in [-0.2, 0) is 4.79 Å². The number of nitrogens with zero attached hydrogens (tertiary/aromatic N) is 1. The molecule has 0 unspecified atom stereocenters. The summed E-state index contributed by atoms with van der Waals surface area (Å²) in [4.78, 5) is 9.82. The molecule has 56 valence electrons. The standard InChI is InChI=1S/C3HF3N2OS/c4-3(5,6)2(9)8-10-1-7/h(H,8,9). The third kappa shape index (κ3) is 3.19. The fourth-order valence-corrected chi connectivity index (χ4v) is 0.381. The Kier molecular flexibility index (Phi) is 3.02. The minimum Gasteiger partial charge on any atom is -0.280 e. The summed E-state index contributed by atoms with van der Waals surface area (Å²) >= 11 is 0.0291. The number of amides is 1. The largest absolute Gasteiger partial charge is 0.472 e. The van der Waals surface area contributed by atoms with Crippen LogP contribution < -0.4 is 4.72 Å². The molecule has 3 nitrogen and oxygen atoms in total. The van der Waals surface area contributed by atoms with Crippen molar-refractivity contribution in [2.75, 3.05) is 0 Å². The van der Waals surface area contributed by atoms with Crippen LogP contribution in [0.4, 0.5) is 13.2 Å². The molecule has 0 aromatic heterocycles. The van der Waals surface area contributed by atoms with E-state index in [1.807, 2.05) is 0 Å². The number of rotatable bonds is 1. The van der Waals surface area contributed by atoms with Gasteiger partial charge in [-0.25, -0.2) is 0 Å². The predicted octanol–water partition coefficient (Wildman–Crippen LogP) is 0.794. The molecule has 1 N–H and O–H groups in total. The van der Waals surface area contributed by atoms with Crippen LogP contribution in [0.5, 0.6) is 0 Å². The number of nitriles is 1. The van der Waals surface area contributed by atoms with Crippen LogP contribution >= 0.6 is 11.9 Å². The Balaban J connectivity index is 3.78. The van der Waals surface area contributed by atoms with Crippen LogP contribution in [0.25, 0.3) is 0 Å². The fraction of sp³-hybridized carbons (Fsp3) is 0.333. The normalized spacial score (nSPS) is 10.2. The van der Waals surface area contributed by atoms with Gasteiger partial charge in [0.25, 0.3) is 0 Å². The van der Waals surface area contributed by atoms with Gasteiger partial charge in [0.1, 0.15) is 0 Å². The summed E-state index contributed by atoms with van der Waals surface area (Å²) in [7, 11) is 0. The van der Waals surface area contributed by atoms with Crippen molar-refractivity contribution in [3.63, 3.8) is 0 Å². The second-order valence-corrected chi connectivity index (χ2v) is 1.71. The van der Waals surface area contributed by atoms with Crippen LogP contribution in [0.3, 0.4) is 0 Å². The lowest BCUT2D eigenvalue weighted by Gasteiger charge is -2.01. The monoisotopic (exact) mass is 170 g/mol. The van der Waals surface area contributed by atoms with E-state index in [1.54, 1.807) is 0 Å². The minimum atomic E-state index is -4.91. The molecular formula is C3HF3N2OS. The van der Waals surface area contributed by atoms with Crippen molar-refractivity contribution < 1.29 is 18.0 Å². The van der Waals surface area contributed by atoms with E-state index in [0.717, 1.165) is 0 Å². The molecule has 0 heterocycles. The molecule has 0 atom stereocenters. The van der Waals surface area contributed by atoms with E-state index >= 15 is 0 Å². The first kappa shape index (κ1) is 9.10.